The summed E-state index contributed by atoms with van der Waals surface area (Å²) in [6.45, 7) is 0. The van der Waals surface area contributed by atoms with Crippen LogP contribution in [-0.2, 0) is 4.74 Å². The van der Waals surface area contributed by atoms with Gasteiger partial charge in [0.1, 0.15) is 0 Å². The SMILES string of the molecule is COC(=O)N[N+](=O)[O-]. The number of amides is 1. The summed E-state index contributed by atoms with van der Waals surface area (Å²) in [6.07, 6.45) is -1.07. The Bertz CT molecular complexity index is 111. The van der Waals surface area contributed by atoms with E-state index in [1.165, 1.54) is 5.43 Å². The molecule has 6 heteroatoms. The van der Waals surface area contributed by atoms with Crippen LogP contribution in [0.2, 0.25) is 0 Å². The lowest BCUT2D eigenvalue weighted by molar-refractivity contribution is -0.530. The molecule has 1 N–H and O–H groups in total. The maximum atomic E-state index is 9.85. The molecular formula is C2H4N2O4. The average Bonchev–Trinajstić information content (AvgIpc) is 1.65. The van der Waals surface area contributed by atoms with E-state index >= 15 is 0 Å². The summed E-state index contributed by atoms with van der Waals surface area (Å²) in [5.74, 6) is 0. The molecule has 0 aliphatic rings. The summed E-state index contributed by atoms with van der Waals surface area (Å²) in [7, 11) is 1.04. The van der Waals surface area contributed by atoms with Crippen molar-refractivity contribution in [3.63, 3.8) is 0 Å². The van der Waals surface area contributed by atoms with Crippen LogP contribution in [0.25, 0.3) is 0 Å². The van der Waals surface area contributed by atoms with E-state index in [0.29, 0.717) is 0 Å². The maximum absolute atomic E-state index is 9.85. The van der Waals surface area contributed by atoms with Crippen LogP contribution in [0.1, 0.15) is 0 Å². The molecule has 6 nitrogen and oxygen atoms in total. The molecule has 0 rings (SSSR count). The Morgan fingerprint density at radius 2 is 2.38 bits per heavy atom. The molecule has 0 aromatic carbocycles. The van der Waals surface area contributed by atoms with E-state index in [1.807, 2.05) is 0 Å². The summed E-state index contributed by atoms with van der Waals surface area (Å²) in [5, 5.41) is 8.37. The Morgan fingerprint density at radius 3 is 2.50 bits per heavy atom. The minimum atomic E-state index is -1.07. The van der Waals surface area contributed by atoms with Crippen LogP contribution in [0, 0.1) is 10.1 Å². The molecule has 0 saturated heterocycles. The molecule has 0 radical (unpaired) electrons. The first-order chi connectivity index (χ1) is 3.66. The fraction of sp³-hybridized carbons (Fsp3) is 0.500. The largest absolute Gasteiger partial charge is 0.465 e. The molecule has 0 unspecified atom stereocenters. The molecule has 0 fully saturated rings. The van der Waals surface area contributed by atoms with Crippen molar-refractivity contribution < 1.29 is 14.6 Å². The van der Waals surface area contributed by atoms with Gasteiger partial charge in [0.2, 0.25) is 0 Å². The molecule has 8 heavy (non-hydrogen) atoms. The Balaban J connectivity index is 3.40. The van der Waals surface area contributed by atoms with Gasteiger partial charge in [0, 0.05) is 0 Å². The highest BCUT2D eigenvalue weighted by Gasteiger charge is 2.03. The Kier molecular flexibility index (Phi) is 2.32. The molecule has 46 valence electrons. The number of nitro groups is 1. The molecule has 0 atom stereocenters. The van der Waals surface area contributed by atoms with Crippen molar-refractivity contribution in [2.75, 3.05) is 7.11 Å². The van der Waals surface area contributed by atoms with Gasteiger partial charge in [0.05, 0.1) is 7.11 Å². The first kappa shape index (κ1) is 6.67. The lowest BCUT2D eigenvalue weighted by Crippen LogP contribution is -2.28. The van der Waals surface area contributed by atoms with Gasteiger partial charge in [-0.3, -0.25) is 0 Å². The van der Waals surface area contributed by atoms with Gasteiger partial charge in [-0.25, -0.2) is 14.9 Å². The number of ether oxygens (including phenoxy) is 1. The highest BCUT2D eigenvalue weighted by Crippen LogP contribution is 1.67. The zero-order valence-corrected chi connectivity index (χ0v) is 4.08. The number of carbonyl (C=O) groups is 1. The van der Waals surface area contributed by atoms with Crippen LogP contribution >= 0.6 is 0 Å². The van der Waals surface area contributed by atoms with Crippen molar-refractivity contribution in [2.24, 2.45) is 0 Å². The predicted molar refractivity (Wildman–Crippen MR) is 22.5 cm³/mol. The molecule has 0 spiro atoms. The van der Waals surface area contributed by atoms with Crippen molar-refractivity contribution >= 4 is 6.09 Å². The summed E-state index contributed by atoms with van der Waals surface area (Å²) in [4.78, 5) is 19.2. The summed E-state index contributed by atoms with van der Waals surface area (Å²) >= 11 is 0. The second-order valence-corrected chi connectivity index (χ2v) is 0.860. The van der Waals surface area contributed by atoms with Crippen LogP contribution in [0.15, 0.2) is 0 Å². The lowest BCUT2D eigenvalue weighted by Gasteiger charge is -1.89. The normalized spacial score (nSPS) is 7.62. The molecule has 0 aliphatic carbocycles. The summed E-state index contributed by atoms with van der Waals surface area (Å²) < 4.78 is 3.87. The number of rotatable bonds is 1. The first-order valence-electron chi connectivity index (χ1n) is 1.66. The molecule has 0 aromatic heterocycles. The number of nitrogens with zero attached hydrogens (tertiary/aromatic N) is 1. The first-order valence-corrected chi connectivity index (χ1v) is 1.66. The second kappa shape index (κ2) is 2.78. The van der Waals surface area contributed by atoms with Gasteiger partial charge < -0.3 is 4.74 Å². The van der Waals surface area contributed by atoms with Gasteiger partial charge in [-0.05, 0) is 5.43 Å². The summed E-state index contributed by atoms with van der Waals surface area (Å²) in [5.41, 5.74) is 1.25. The molecule has 1 amide bonds. The minimum absolute atomic E-state index is 0.994. The molecule has 0 aliphatic heterocycles. The van der Waals surface area contributed by atoms with E-state index in [1.54, 1.807) is 0 Å². The predicted octanol–water partition coefficient (Wildman–Crippen LogP) is -0.466. The smallest absolute Gasteiger partial charge is 0.449 e. The monoisotopic (exact) mass is 120 g/mol. The lowest BCUT2D eigenvalue weighted by atomic mass is 11.2. The van der Waals surface area contributed by atoms with Gasteiger partial charge in [0.15, 0.2) is 5.03 Å². The van der Waals surface area contributed by atoms with Gasteiger partial charge in [-0.1, -0.05) is 0 Å². The quantitative estimate of drug-likeness (QED) is 0.374. The van der Waals surface area contributed by atoms with Crippen LogP contribution < -0.4 is 5.43 Å². The third-order valence-electron chi connectivity index (χ3n) is 0.368. The van der Waals surface area contributed by atoms with E-state index < -0.39 is 11.1 Å². The standard InChI is InChI=1S/C2H4N2O4/c1-8-2(5)3-4(6)7/h1H3,(H,3,5). The summed E-state index contributed by atoms with van der Waals surface area (Å²) in [6, 6.07) is 0. The van der Waals surface area contributed by atoms with Crippen LogP contribution in [-0.4, -0.2) is 18.2 Å². The third kappa shape index (κ3) is 2.88. The van der Waals surface area contributed by atoms with Crippen LogP contribution in [0.4, 0.5) is 4.79 Å². The highest BCUT2D eigenvalue weighted by atomic mass is 16.7. The Labute approximate surface area is 44.6 Å². The Hall–Kier alpha value is -1.33. The van der Waals surface area contributed by atoms with Gasteiger partial charge in [-0.15, -0.1) is 0 Å². The van der Waals surface area contributed by atoms with E-state index in [0.717, 1.165) is 7.11 Å². The highest BCUT2D eigenvalue weighted by molar-refractivity contribution is 5.65. The van der Waals surface area contributed by atoms with Crippen molar-refractivity contribution in [3.8, 4) is 0 Å². The van der Waals surface area contributed by atoms with E-state index in [2.05, 4.69) is 4.74 Å². The third-order valence-corrected chi connectivity index (χ3v) is 0.368. The number of hydrogen-bond donors (Lipinski definition) is 1. The van der Waals surface area contributed by atoms with E-state index in [4.69, 9.17) is 0 Å². The van der Waals surface area contributed by atoms with Gasteiger partial charge in [0.25, 0.3) is 0 Å². The van der Waals surface area contributed by atoms with Crippen LogP contribution in [0.5, 0.6) is 0 Å². The number of methoxy groups -OCH3 is 1. The minimum Gasteiger partial charge on any atom is -0.449 e. The van der Waals surface area contributed by atoms with E-state index in [-0.39, 0.29) is 0 Å². The zero-order chi connectivity index (χ0) is 6.57. The van der Waals surface area contributed by atoms with Crippen molar-refractivity contribution in [1.82, 2.24) is 5.43 Å². The molecule has 0 heterocycles. The fourth-order valence-corrected chi connectivity index (χ4v) is 0.120. The zero-order valence-electron chi connectivity index (χ0n) is 4.08. The van der Waals surface area contributed by atoms with Crippen LogP contribution in [0.3, 0.4) is 0 Å². The van der Waals surface area contributed by atoms with E-state index in [9.17, 15) is 14.9 Å². The van der Waals surface area contributed by atoms with Crippen molar-refractivity contribution in [3.05, 3.63) is 10.1 Å². The van der Waals surface area contributed by atoms with Crippen molar-refractivity contribution in [2.45, 2.75) is 0 Å². The second-order valence-electron chi connectivity index (χ2n) is 0.860. The topological polar surface area (TPSA) is 81.5 Å². The fourth-order valence-electron chi connectivity index (χ4n) is 0.120. The number of hydrazine groups is 1. The van der Waals surface area contributed by atoms with Gasteiger partial charge >= 0.3 is 6.09 Å². The molecule has 0 aromatic rings. The maximum Gasteiger partial charge on any atom is 0.465 e. The number of nitrogens with one attached hydrogen (secondary N) is 1. The Morgan fingerprint density at radius 1 is 1.88 bits per heavy atom. The molecule has 0 bridgehead atoms. The number of hydrogen-bond acceptors (Lipinski definition) is 4. The number of carbonyl (C=O) groups excluding carboxylic acids is 1. The molecular weight excluding hydrogens is 116 g/mol. The van der Waals surface area contributed by atoms with Gasteiger partial charge in [-0.2, -0.15) is 0 Å². The average molecular weight is 120 g/mol. The molecule has 0 saturated carbocycles. The van der Waals surface area contributed by atoms with Crippen molar-refractivity contribution in [1.29, 1.82) is 0 Å².